The minimum atomic E-state index is -0.562. The van der Waals surface area contributed by atoms with Crippen molar-refractivity contribution < 1.29 is 14.3 Å². The third-order valence-corrected chi connectivity index (χ3v) is 6.49. The van der Waals surface area contributed by atoms with Crippen LogP contribution in [-0.2, 0) is 4.79 Å². The molecular weight excluding hydrogens is 528 g/mol. The monoisotopic (exact) mass is 562 g/mol. The summed E-state index contributed by atoms with van der Waals surface area (Å²) in [6.07, 6.45) is 15.6. The number of ether oxygens (including phenoxy) is 1. The molecule has 0 radical (unpaired) electrons. The Balaban J connectivity index is 1.71. The molecule has 0 saturated heterocycles. The summed E-state index contributed by atoms with van der Waals surface area (Å²) in [5.74, 6) is -0.364. The van der Waals surface area contributed by atoms with Crippen LogP contribution in [0, 0.1) is 0 Å². The first kappa shape index (κ1) is 29.1. The number of hydrazone groups is 1. The molecule has 0 spiro atoms. The van der Waals surface area contributed by atoms with Crippen molar-refractivity contribution in [3.63, 3.8) is 0 Å². The zero-order valence-corrected chi connectivity index (χ0v) is 22.9. The van der Waals surface area contributed by atoms with Crippen LogP contribution in [0.4, 0.5) is 0 Å². The topological polar surface area (TPSA) is 67.8 Å². The van der Waals surface area contributed by atoms with E-state index in [4.69, 9.17) is 16.3 Å². The molecule has 190 valence electrons. The van der Waals surface area contributed by atoms with Crippen LogP contribution >= 0.6 is 27.5 Å². The first-order valence-electron chi connectivity index (χ1n) is 12.6. The Morgan fingerprint density at radius 1 is 0.943 bits per heavy atom. The van der Waals surface area contributed by atoms with Crippen molar-refractivity contribution in [1.82, 2.24) is 5.43 Å². The lowest BCUT2D eigenvalue weighted by atomic mass is 10.1. The second-order valence-corrected chi connectivity index (χ2v) is 9.95. The largest absolute Gasteiger partial charge is 0.422 e. The number of rotatable bonds is 16. The number of benzene rings is 2. The quantitative estimate of drug-likeness (QED) is 0.0732. The van der Waals surface area contributed by atoms with Gasteiger partial charge in [-0.1, -0.05) is 111 Å². The highest BCUT2D eigenvalue weighted by Crippen LogP contribution is 2.24. The Kier molecular flexibility index (Phi) is 14.3. The van der Waals surface area contributed by atoms with Gasteiger partial charge in [0.2, 0.25) is 5.91 Å². The number of unbranched alkanes of at least 4 members (excludes halogenated alkanes) is 10. The van der Waals surface area contributed by atoms with E-state index in [2.05, 4.69) is 33.4 Å². The van der Waals surface area contributed by atoms with E-state index in [0.717, 1.165) is 17.3 Å². The number of carbonyl (C=O) groups excluding carboxylic acids is 2. The molecule has 0 aliphatic heterocycles. The molecule has 2 rings (SSSR count). The van der Waals surface area contributed by atoms with Gasteiger partial charge in [-0.3, -0.25) is 4.79 Å². The highest BCUT2D eigenvalue weighted by atomic mass is 79.9. The minimum Gasteiger partial charge on any atom is -0.422 e. The molecule has 1 N–H and O–H groups in total. The molecule has 35 heavy (non-hydrogen) atoms. The van der Waals surface area contributed by atoms with Gasteiger partial charge >= 0.3 is 5.97 Å². The van der Waals surface area contributed by atoms with Crippen molar-refractivity contribution in [2.24, 2.45) is 5.10 Å². The number of amides is 1. The highest BCUT2D eigenvalue weighted by molar-refractivity contribution is 9.10. The zero-order valence-electron chi connectivity index (χ0n) is 20.5. The van der Waals surface area contributed by atoms with Gasteiger partial charge in [-0.25, -0.2) is 10.2 Å². The van der Waals surface area contributed by atoms with Gasteiger partial charge in [0.15, 0.2) is 0 Å². The third kappa shape index (κ3) is 11.9. The Bertz CT molecular complexity index is 965. The number of carbonyl (C=O) groups is 2. The summed E-state index contributed by atoms with van der Waals surface area (Å²) < 4.78 is 6.32. The molecule has 7 heteroatoms. The molecule has 0 atom stereocenters. The van der Waals surface area contributed by atoms with Crippen LogP contribution in [0.5, 0.6) is 5.75 Å². The fraction of sp³-hybridized carbons (Fsp3) is 0.464. The maximum Gasteiger partial charge on any atom is 0.345 e. The summed E-state index contributed by atoms with van der Waals surface area (Å²) in [4.78, 5) is 24.6. The predicted octanol–water partition coefficient (Wildman–Crippen LogP) is 8.47. The summed E-state index contributed by atoms with van der Waals surface area (Å²) >= 11 is 9.50. The minimum absolute atomic E-state index is 0.123. The summed E-state index contributed by atoms with van der Waals surface area (Å²) in [7, 11) is 0. The number of esters is 1. The van der Waals surface area contributed by atoms with Gasteiger partial charge in [0.05, 0.1) is 16.8 Å². The number of halogens is 2. The second-order valence-electron chi connectivity index (χ2n) is 8.63. The summed E-state index contributed by atoms with van der Waals surface area (Å²) in [6, 6.07) is 11.9. The van der Waals surface area contributed by atoms with Crippen molar-refractivity contribution >= 4 is 45.6 Å². The normalized spacial score (nSPS) is 11.1. The molecule has 2 aromatic carbocycles. The van der Waals surface area contributed by atoms with Gasteiger partial charge in [0, 0.05) is 16.5 Å². The molecule has 0 fully saturated rings. The Morgan fingerprint density at radius 3 is 2.23 bits per heavy atom. The first-order chi connectivity index (χ1) is 17.0. The molecule has 5 nitrogen and oxygen atoms in total. The van der Waals surface area contributed by atoms with Gasteiger partial charge in [-0.15, -0.1) is 0 Å². The summed E-state index contributed by atoms with van der Waals surface area (Å²) in [5.41, 5.74) is 3.39. The molecule has 1 amide bonds. The lowest BCUT2D eigenvalue weighted by Gasteiger charge is -2.09. The van der Waals surface area contributed by atoms with Crippen molar-refractivity contribution in [2.75, 3.05) is 0 Å². The van der Waals surface area contributed by atoms with Crippen LogP contribution in [0.1, 0.15) is 99.9 Å². The smallest absolute Gasteiger partial charge is 0.345 e. The molecule has 0 aliphatic carbocycles. The van der Waals surface area contributed by atoms with Crippen molar-refractivity contribution in [1.29, 1.82) is 0 Å². The molecule has 0 saturated carbocycles. The van der Waals surface area contributed by atoms with Crippen molar-refractivity contribution in [3.8, 4) is 5.75 Å². The van der Waals surface area contributed by atoms with Crippen molar-refractivity contribution in [2.45, 2.75) is 84.0 Å². The van der Waals surface area contributed by atoms with E-state index in [0.29, 0.717) is 22.8 Å². The molecule has 2 aromatic rings. The molecular formula is C28H36BrClN2O3. The van der Waals surface area contributed by atoms with Gasteiger partial charge in [0.1, 0.15) is 5.75 Å². The van der Waals surface area contributed by atoms with Crippen LogP contribution in [0.3, 0.4) is 0 Å². The standard InChI is InChI=1S/C28H36BrClN2O3/c1-2-3-4-5-6-7-8-9-10-11-12-17-27(33)32-31-21-22-20-23(29)18-19-26(22)35-28(34)24-15-13-14-16-25(24)30/h13-16,18-21H,2-12,17H2,1H3,(H,32,33). The fourth-order valence-corrected chi connectivity index (χ4v) is 4.27. The third-order valence-electron chi connectivity index (χ3n) is 5.67. The van der Waals surface area contributed by atoms with Crippen LogP contribution in [-0.4, -0.2) is 18.1 Å². The van der Waals surface area contributed by atoms with Crippen molar-refractivity contribution in [3.05, 3.63) is 63.1 Å². The number of nitrogens with one attached hydrogen (secondary N) is 1. The molecule has 0 aliphatic rings. The zero-order chi connectivity index (χ0) is 25.3. The summed E-state index contributed by atoms with van der Waals surface area (Å²) in [5, 5.41) is 4.37. The average molecular weight is 564 g/mol. The van der Waals surface area contributed by atoms with E-state index in [1.54, 1.807) is 42.5 Å². The van der Waals surface area contributed by atoms with E-state index in [9.17, 15) is 9.59 Å². The van der Waals surface area contributed by atoms with Gasteiger partial charge in [-0.2, -0.15) is 5.10 Å². The van der Waals surface area contributed by atoms with Crippen LogP contribution < -0.4 is 10.2 Å². The van der Waals surface area contributed by atoms with Crippen LogP contribution in [0.15, 0.2) is 52.0 Å². The fourth-order valence-electron chi connectivity index (χ4n) is 3.67. The van der Waals surface area contributed by atoms with E-state index in [1.165, 1.54) is 64.0 Å². The predicted molar refractivity (Wildman–Crippen MR) is 147 cm³/mol. The molecule has 0 heterocycles. The van der Waals surface area contributed by atoms with E-state index in [1.807, 2.05) is 0 Å². The molecule has 0 bridgehead atoms. The SMILES string of the molecule is CCCCCCCCCCCCCC(=O)NN=Cc1cc(Br)ccc1OC(=O)c1ccccc1Cl. The Hall–Kier alpha value is -2.18. The lowest BCUT2D eigenvalue weighted by molar-refractivity contribution is -0.121. The van der Waals surface area contributed by atoms with Gasteiger partial charge < -0.3 is 4.74 Å². The second kappa shape index (κ2) is 17.3. The first-order valence-corrected chi connectivity index (χ1v) is 13.8. The van der Waals surface area contributed by atoms with Crippen LogP contribution in [0.2, 0.25) is 5.02 Å². The average Bonchev–Trinajstić information content (AvgIpc) is 2.84. The number of hydrogen-bond donors (Lipinski definition) is 1. The highest BCUT2D eigenvalue weighted by Gasteiger charge is 2.14. The van der Waals surface area contributed by atoms with Gasteiger partial charge in [0.25, 0.3) is 0 Å². The lowest BCUT2D eigenvalue weighted by Crippen LogP contribution is -2.17. The number of hydrogen-bond acceptors (Lipinski definition) is 4. The Morgan fingerprint density at radius 2 is 1.57 bits per heavy atom. The molecule has 0 unspecified atom stereocenters. The van der Waals surface area contributed by atoms with E-state index >= 15 is 0 Å². The number of nitrogens with zero attached hydrogens (tertiary/aromatic N) is 1. The summed E-state index contributed by atoms with van der Waals surface area (Å²) in [6.45, 7) is 2.24. The Labute approximate surface area is 222 Å². The van der Waals surface area contributed by atoms with Gasteiger partial charge in [-0.05, 0) is 36.8 Å². The van der Waals surface area contributed by atoms with E-state index in [-0.39, 0.29) is 11.5 Å². The maximum absolute atomic E-state index is 12.5. The van der Waals surface area contributed by atoms with Crippen LogP contribution in [0.25, 0.3) is 0 Å². The maximum atomic E-state index is 12.5. The van der Waals surface area contributed by atoms with E-state index < -0.39 is 5.97 Å². The molecule has 0 aromatic heterocycles.